The van der Waals surface area contributed by atoms with Crippen LogP contribution in [0.25, 0.3) is 0 Å². The minimum atomic E-state index is -0.857. The number of halogens is 2. The minimum Gasteiger partial charge on any atom is -0.508 e. The van der Waals surface area contributed by atoms with E-state index >= 15 is 0 Å². The van der Waals surface area contributed by atoms with Gasteiger partial charge in [0, 0.05) is 29.7 Å². The van der Waals surface area contributed by atoms with Crippen LogP contribution in [0.1, 0.15) is 29.9 Å². The zero-order chi connectivity index (χ0) is 27.6. The summed E-state index contributed by atoms with van der Waals surface area (Å²) >= 11 is 3.18. The lowest BCUT2D eigenvalue weighted by Crippen LogP contribution is -2.39. The number of carbonyl (C=O) groups is 4. The maximum absolute atomic E-state index is 14.5. The summed E-state index contributed by atoms with van der Waals surface area (Å²) in [5.41, 5.74) is 2.48. The molecule has 0 bridgehead atoms. The second kappa shape index (κ2) is 9.41. The first-order valence-electron chi connectivity index (χ1n) is 12.7. The van der Waals surface area contributed by atoms with Crippen LogP contribution in [0.3, 0.4) is 0 Å². The number of fused-ring (bicyclic) bond motifs is 3. The number of likely N-dealkylation sites (tertiary alicyclic amines) is 1. The Kier molecular flexibility index (Phi) is 6.14. The molecule has 0 spiro atoms. The van der Waals surface area contributed by atoms with Crippen molar-refractivity contribution in [3.8, 4) is 11.5 Å². The van der Waals surface area contributed by atoms with Crippen molar-refractivity contribution in [2.45, 2.75) is 25.2 Å². The topological polar surface area (TPSA) is 112 Å². The number of allylic oxidation sites excluding steroid dienone is 6. The lowest BCUT2D eigenvalue weighted by molar-refractivity contribution is -0.140. The normalized spacial score (nSPS) is 26.3. The zero-order valence-electron chi connectivity index (χ0n) is 20.6. The SMILES string of the molecule is O=C1C=C(Br)C(=O)C2=C1C(c1ccc(O)c(F)c1)C1=CCC3C(=O)N(CCc4ccc(O)cc4)C(=O)C3C1C2. The van der Waals surface area contributed by atoms with Gasteiger partial charge in [0.2, 0.25) is 11.8 Å². The Balaban J connectivity index is 1.38. The third-order valence-electron chi connectivity index (χ3n) is 8.29. The molecule has 1 fully saturated rings. The van der Waals surface area contributed by atoms with Gasteiger partial charge in [-0.2, -0.15) is 0 Å². The number of benzene rings is 2. The van der Waals surface area contributed by atoms with Crippen LogP contribution in [0.4, 0.5) is 4.39 Å². The lowest BCUT2D eigenvalue weighted by atomic mass is 9.59. The predicted octanol–water partition coefficient (Wildman–Crippen LogP) is 4.24. The van der Waals surface area contributed by atoms with Gasteiger partial charge in [-0.05, 0) is 76.5 Å². The number of hydrogen-bond donors (Lipinski definition) is 2. The van der Waals surface area contributed by atoms with E-state index < -0.39 is 35.2 Å². The molecular weight excluding hydrogens is 569 g/mol. The fourth-order valence-electron chi connectivity index (χ4n) is 6.48. The number of carbonyl (C=O) groups excluding carboxylic acids is 4. The molecule has 3 aliphatic carbocycles. The van der Waals surface area contributed by atoms with Gasteiger partial charge in [-0.25, -0.2) is 4.39 Å². The van der Waals surface area contributed by atoms with Crippen LogP contribution in [-0.4, -0.2) is 45.0 Å². The summed E-state index contributed by atoms with van der Waals surface area (Å²) in [4.78, 5) is 54.8. The summed E-state index contributed by atoms with van der Waals surface area (Å²) in [6, 6.07) is 10.4. The van der Waals surface area contributed by atoms with Crippen molar-refractivity contribution in [2.24, 2.45) is 17.8 Å². The number of rotatable bonds is 4. The van der Waals surface area contributed by atoms with Crippen molar-refractivity contribution in [1.82, 2.24) is 4.90 Å². The number of ketones is 2. The molecule has 9 heteroatoms. The maximum Gasteiger partial charge on any atom is 0.233 e. The first kappa shape index (κ1) is 25.4. The Morgan fingerprint density at radius 3 is 2.44 bits per heavy atom. The van der Waals surface area contributed by atoms with Crippen LogP contribution < -0.4 is 0 Å². The van der Waals surface area contributed by atoms with Crippen LogP contribution in [-0.2, 0) is 25.6 Å². The second-order valence-electron chi connectivity index (χ2n) is 10.3. The molecule has 198 valence electrons. The van der Waals surface area contributed by atoms with Crippen molar-refractivity contribution in [2.75, 3.05) is 6.54 Å². The standard InChI is InChI=1S/C30H23BrFNO6/c31-21-13-24(36)27-20(28(21)37)12-19-17(25(27)15-3-8-23(35)22(32)11-15)6-7-18-26(19)30(39)33(29(18)38)10-9-14-1-4-16(34)5-2-14/h1-6,8,11,13,18-19,25-26,34-35H,7,9-10,12H2. The number of amides is 2. The van der Waals surface area contributed by atoms with E-state index in [0.717, 1.165) is 11.6 Å². The molecule has 6 rings (SSSR count). The molecule has 0 saturated carbocycles. The van der Waals surface area contributed by atoms with Crippen molar-refractivity contribution >= 4 is 39.3 Å². The average molecular weight is 592 g/mol. The van der Waals surface area contributed by atoms with E-state index in [1.807, 2.05) is 6.08 Å². The van der Waals surface area contributed by atoms with E-state index in [1.54, 1.807) is 24.3 Å². The average Bonchev–Trinajstić information content (AvgIpc) is 3.16. The number of phenols is 2. The Bertz CT molecular complexity index is 1560. The van der Waals surface area contributed by atoms with E-state index in [4.69, 9.17) is 0 Å². The van der Waals surface area contributed by atoms with E-state index in [9.17, 15) is 33.8 Å². The van der Waals surface area contributed by atoms with Gasteiger partial charge >= 0.3 is 0 Å². The molecule has 1 aliphatic heterocycles. The Labute approximate surface area is 231 Å². The van der Waals surface area contributed by atoms with Gasteiger partial charge in [0.1, 0.15) is 5.75 Å². The summed E-state index contributed by atoms with van der Waals surface area (Å²) < 4.78 is 14.6. The highest BCUT2D eigenvalue weighted by atomic mass is 79.9. The monoisotopic (exact) mass is 591 g/mol. The molecule has 2 aromatic carbocycles. The van der Waals surface area contributed by atoms with E-state index in [1.165, 1.54) is 23.1 Å². The molecule has 2 aromatic rings. The fraction of sp³-hybridized carbons (Fsp3) is 0.267. The van der Waals surface area contributed by atoms with Crippen molar-refractivity contribution in [1.29, 1.82) is 0 Å². The number of phenolic OH excluding ortho intramolecular Hbond substituents is 2. The number of Topliss-reactive ketones (excluding diaryl/α,β-unsaturated/α-hetero) is 1. The third-order valence-corrected chi connectivity index (χ3v) is 8.88. The highest BCUT2D eigenvalue weighted by Crippen LogP contribution is 2.55. The summed E-state index contributed by atoms with van der Waals surface area (Å²) in [5.74, 6) is -5.17. The molecular formula is C30H23BrFNO6. The Morgan fingerprint density at radius 1 is 0.974 bits per heavy atom. The number of hydrogen-bond acceptors (Lipinski definition) is 6. The number of aromatic hydroxyl groups is 2. The Hall–Kier alpha value is -3.85. The van der Waals surface area contributed by atoms with Crippen LogP contribution >= 0.6 is 15.9 Å². The first-order chi connectivity index (χ1) is 18.7. The lowest BCUT2D eigenvalue weighted by Gasteiger charge is -2.42. The predicted molar refractivity (Wildman–Crippen MR) is 141 cm³/mol. The molecule has 4 atom stereocenters. The molecule has 2 amide bonds. The largest absolute Gasteiger partial charge is 0.508 e. The molecule has 0 radical (unpaired) electrons. The highest BCUT2D eigenvalue weighted by molar-refractivity contribution is 9.12. The smallest absolute Gasteiger partial charge is 0.233 e. The summed E-state index contributed by atoms with van der Waals surface area (Å²) in [6.45, 7) is 0.184. The van der Waals surface area contributed by atoms with Gasteiger partial charge in [0.05, 0.1) is 16.3 Å². The maximum atomic E-state index is 14.5. The zero-order valence-corrected chi connectivity index (χ0v) is 22.2. The van der Waals surface area contributed by atoms with Gasteiger partial charge in [-0.15, -0.1) is 0 Å². The van der Waals surface area contributed by atoms with Crippen LogP contribution in [0.15, 0.2) is 75.8 Å². The summed E-state index contributed by atoms with van der Waals surface area (Å²) in [6.07, 6.45) is 3.92. The molecule has 2 N–H and O–H groups in total. The van der Waals surface area contributed by atoms with Gasteiger partial charge in [0.15, 0.2) is 23.1 Å². The van der Waals surface area contributed by atoms with Crippen molar-refractivity contribution in [3.63, 3.8) is 0 Å². The van der Waals surface area contributed by atoms with Crippen LogP contribution in [0, 0.1) is 23.6 Å². The first-order valence-corrected chi connectivity index (χ1v) is 13.5. The van der Waals surface area contributed by atoms with Crippen LogP contribution in [0.5, 0.6) is 11.5 Å². The van der Waals surface area contributed by atoms with Crippen LogP contribution in [0.2, 0.25) is 0 Å². The summed E-state index contributed by atoms with van der Waals surface area (Å²) in [5, 5.41) is 19.3. The second-order valence-corrected chi connectivity index (χ2v) is 11.2. The van der Waals surface area contributed by atoms with E-state index in [-0.39, 0.29) is 64.1 Å². The quantitative estimate of drug-likeness (QED) is 0.312. The molecule has 0 aromatic heterocycles. The fourth-order valence-corrected chi connectivity index (χ4v) is 6.93. The number of nitrogens with zero attached hydrogens (tertiary/aromatic N) is 1. The number of imide groups is 1. The third kappa shape index (κ3) is 4.07. The molecule has 4 unspecified atom stereocenters. The van der Waals surface area contributed by atoms with Gasteiger partial charge in [-0.3, -0.25) is 24.1 Å². The molecule has 39 heavy (non-hydrogen) atoms. The van der Waals surface area contributed by atoms with Gasteiger partial charge < -0.3 is 10.2 Å². The van der Waals surface area contributed by atoms with Gasteiger partial charge in [0.25, 0.3) is 0 Å². The van der Waals surface area contributed by atoms with Crippen molar-refractivity contribution in [3.05, 3.63) is 92.8 Å². The highest BCUT2D eigenvalue weighted by Gasteiger charge is 2.56. The van der Waals surface area contributed by atoms with Gasteiger partial charge in [-0.1, -0.05) is 29.8 Å². The van der Waals surface area contributed by atoms with E-state index in [0.29, 0.717) is 17.6 Å². The van der Waals surface area contributed by atoms with E-state index in [2.05, 4.69) is 15.9 Å². The molecule has 1 heterocycles. The van der Waals surface area contributed by atoms with Crippen molar-refractivity contribution < 1.29 is 33.8 Å². The Morgan fingerprint density at radius 2 is 1.72 bits per heavy atom. The molecule has 7 nitrogen and oxygen atoms in total. The molecule has 4 aliphatic rings. The summed E-state index contributed by atoms with van der Waals surface area (Å²) in [7, 11) is 0. The minimum absolute atomic E-state index is 0.117. The molecule has 1 saturated heterocycles.